The maximum absolute atomic E-state index is 13.0. The first-order valence-corrected chi connectivity index (χ1v) is 9.32. The summed E-state index contributed by atoms with van der Waals surface area (Å²) in [5, 5.41) is 12.3. The third kappa shape index (κ3) is 4.83. The second kappa shape index (κ2) is 7.46. The first kappa shape index (κ1) is 19.9. The smallest absolute Gasteiger partial charge is 0.387 e. The molecule has 0 saturated heterocycles. The van der Waals surface area contributed by atoms with Gasteiger partial charge in [0.1, 0.15) is 0 Å². The molecule has 0 fully saturated rings. The molecule has 1 atom stereocenters. The molecule has 140 valence electrons. The summed E-state index contributed by atoms with van der Waals surface area (Å²) in [4.78, 5) is 12.0. The standard InChI is InChI=1S/C17H16F3NO4S/c1-26(24,25)12-6-4-5-11(9-12)16(23)21-10-15(22)13-7-2-3-8-14(13)17(18,19)20/h2-9,15,22H,10H2,1H3,(H,21,23)/t15-/m0/s1. The number of halogens is 3. The van der Waals surface area contributed by atoms with E-state index in [1.807, 2.05) is 0 Å². The van der Waals surface area contributed by atoms with Gasteiger partial charge >= 0.3 is 6.18 Å². The van der Waals surface area contributed by atoms with Crippen LogP contribution in [0.2, 0.25) is 0 Å². The number of nitrogens with one attached hydrogen (secondary N) is 1. The minimum absolute atomic E-state index is 0.0178. The molecular weight excluding hydrogens is 371 g/mol. The average Bonchev–Trinajstić information content (AvgIpc) is 2.58. The summed E-state index contributed by atoms with van der Waals surface area (Å²) >= 11 is 0. The monoisotopic (exact) mass is 387 g/mol. The number of hydrogen-bond acceptors (Lipinski definition) is 4. The topological polar surface area (TPSA) is 83.5 Å². The fourth-order valence-corrected chi connectivity index (χ4v) is 2.98. The molecule has 0 aliphatic heterocycles. The van der Waals surface area contributed by atoms with Crippen molar-refractivity contribution in [1.82, 2.24) is 5.32 Å². The summed E-state index contributed by atoms with van der Waals surface area (Å²) in [6.07, 6.45) is -5.22. The molecule has 0 radical (unpaired) electrons. The number of benzene rings is 2. The normalized spacial score (nSPS) is 13.3. The Labute approximate surface area is 148 Å². The summed E-state index contributed by atoms with van der Waals surface area (Å²) in [6, 6.07) is 9.74. The van der Waals surface area contributed by atoms with Crippen molar-refractivity contribution in [3.8, 4) is 0 Å². The molecule has 0 aromatic heterocycles. The number of carbonyl (C=O) groups excluding carboxylic acids is 1. The summed E-state index contributed by atoms with van der Waals surface area (Å²) in [6.45, 7) is -0.463. The Kier molecular flexibility index (Phi) is 5.72. The van der Waals surface area contributed by atoms with Crippen molar-refractivity contribution >= 4 is 15.7 Å². The lowest BCUT2D eigenvalue weighted by atomic mass is 10.0. The van der Waals surface area contributed by atoms with Gasteiger partial charge in [-0.05, 0) is 29.8 Å². The summed E-state index contributed by atoms with van der Waals surface area (Å²) < 4.78 is 61.9. The molecule has 0 saturated carbocycles. The van der Waals surface area contributed by atoms with Crippen molar-refractivity contribution in [1.29, 1.82) is 0 Å². The molecule has 0 bridgehead atoms. The number of amides is 1. The molecule has 0 unspecified atom stereocenters. The quantitative estimate of drug-likeness (QED) is 0.826. The van der Waals surface area contributed by atoms with E-state index >= 15 is 0 Å². The maximum Gasteiger partial charge on any atom is 0.416 e. The van der Waals surface area contributed by atoms with E-state index in [2.05, 4.69) is 5.32 Å². The molecule has 0 spiro atoms. The van der Waals surface area contributed by atoms with E-state index in [-0.39, 0.29) is 16.0 Å². The molecule has 0 aliphatic carbocycles. The molecule has 2 aromatic carbocycles. The fourth-order valence-electron chi connectivity index (χ4n) is 2.32. The van der Waals surface area contributed by atoms with Gasteiger partial charge in [0.05, 0.1) is 16.6 Å². The summed E-state index contributed by atoms with van der Waals surface area (Å²) in [7, 11) is -3.51. The second-order valence-corrected chi connectivity index (χ2v) is 7.63. The minimum Gasteiger partial charge on any atom is -0.387 e. The number of alkyl halides is 3. The molecule has 0 aliphatic rings. The van der Waals surface area contributed by atoms with Crippen LogP contribution in [0.1, 0.15) is 27.6 Å². The van der Waals surface area contributed by atoms with E-state index in [0.717, 1.165) is 24.5 Å². The Bertz CT molecular complexity index is 910. The molecule has 26 heavy (non-hydrogen) atoms. The zero-order valence-corrected chi connectivity index (χ0v) is 14.4. The van der Waals surface area contributed by atoms with Crippen LogP contribution in [-0.4, -0.2) is 32.2 Å². The molecule has 5 nitrogen and oxygen atoms in total. The fraction of sp³-hybridized carbons (Fsp3) is 0.235. The van der Waals surface area contributed by atoms with E-state index in [9.17, 15) is 31.5 Å². The Morgan fingerprint density at radius 1 is 1.15 bits per heavy atom. The molecule has 2 aromatic rings. The van der Waals surface area contributed by atoms with Crippen molar-refractivity contribution in [3.63, 3.8) is 0 Å². The van der Waals surface area contributed by atoms with Crippen LogP contribution in [-0.2, 0) is 16.0 Å². The van der Waals surface area contributed by atoms with Gasteiger partial charge in [-0.3, -0.25) is 4.79 Å². The van der Waals surface area contributed by atoms with Crippen molar-refractivity contribution in [2.75, 3.05) is 12.8 Å². The van der Waals surface area contributed by atoms with Gasteiger partial charge in [0.2, 0.25) is 0 Å². The van der Waals surface area contributed by atoms with Crippen LogP contribution in [0.5, 0.6) is 0 Å². The number of aliphatic hydroxyl groups is 1. The van der Waals surface area contributed by atoms with Gasteiger partial charge in [-0.15, -0.1) is 0 Å². The van der Waals surface area contributed by atoms with Crippen LogP contribution in [0.3, 0.4) is 0 Å². The van der Waals surface area contributed by atoms with Crippen LogP contribution in [0.25, 0.3) is 0 Å². The number of hydrogen-bond donors (Lipinski definition) is 2. The lowest BCUT2D eigenvalue weighted by molar-refractivity contribution is -0.139. The predicted molar refractivity (Wildman–Crippen MR) is 88.3 cm³/mol. The van der Waals surface area contributed by atoms with E-state index in [0.29, 0.717) is 0 Å². The van der Waals surface area contributed by atoms with E-state index < -0.39 is 40.1 Å². The largest absolute Gasteiger partial charge is 0.416 e. The van der Waals surface area contributed by atoms with Gasteiger partial charge in [0, 0.05) is 18.4 Å². The first-order chi connectivity index (χ1) is 12.0. The Hall–Kier alpha value is -2.39. The van der Waals surface area contributed by atoms with Gasteiger partial charge in [-0.2, -0.15) is 13.2 Å². The third-order valence-electron chi connectivity index (χ3n) is 3.61. The highest BCUT2D eigenvalue weighted by Crippen LogP contribution is 2.34. The van der Waals surface area contributed by atoms with Crippen LogP contribution in [0.15, 0.2) is 53.4 Å². The average molecular weight is 387 g/mol. The van der Waals surface area contributed by atoms with E-state index in [1.165, 1.54) is 30.3 Å². The number of sulfone groups is 1. The third-order valence-corrected chi connectivity index (χ3v) is 4.72. The summed E-state index contributed by atoms with van der Waals surface area (Å²) in [5.74, 6) is -0.709. The van der Waals surface area contributed by atoms with Crippen molar-refractivity contribution in [3.05, 3.63) is 65.2 Å². The molecule has 0 heterocycles. The zero-order chi connectivity index (χ0) is 19.5. The lowest BCUT2D eigenvalue weighted by Gasteiger charge is -2.18. The highest BCUT2D eigenvalue weighted by atomic mass is 32.2. The van der Waals surface area contributed by atoms with Crippen LogP contribution in [0, 0.1) is 0 Å². The van der Waals surface area contributed by atoms with Gasteiger partial charge in [-0.25, -0.2) is 8.42 Å². The second-order valence-electron chi connectivity index (χ2n) is 5.61. The van der Waals surface area contributed by atoms with Gasteiger partial charge in [0.15, 0.2) is 9.84 Å². The highest BCUT2D eigenvalue weighted by Gasteiger charge is 2.34. The number of aliphatic hydroxyl groups excluding tert-OH is 1. The zero-order valence-electron chi connectivity index (χ0n) is 13.6. The van der Waals surface area contributed by atoms with E-state index in [4.69, 9.17) is 0 Å². The van der Waals surface area contributed by atoms with Crippen molar-refractivity contribution < 1.29 is 31.5 Å². The minimum atomic E-state index is -4.63. The van der Waals surface area contributed by atoms with Gasteiger partial charge in [-0.1, -0.05) is 24.3 Å². The Balaban J connectivity index is 2.14. The lowest BCUT2D eigenvalue weighted by Crippen LogP contribution is -2.29. The molecule has 9 heteroatoms. The molecule has 1 amide bonds. The molecule has 2 rings (SSSR count). The van der Waals surface area contributed by atoms with Crippen molar-refractivity contribution in [2.24, 2.45) is 0 Å². The molecule has 2 N–H and O–H groups in total. The van der Waals surface area contributed by atoms with Crippen LogP contribution >= 0.6 is 0 Å². The van der Waals surface area contributed by atoms with Crippen LogP contribution < -0.4 is 5.32 Å². The van der Waals surface area contributed by atoms with Gasteiger partial charge in [0.25, 0.3) is 5.91 Å². The van der Waals surface area contributed by atoms with E-state index in [1.54, 1.807) is 0 Å². The Morgan fingerprint density at radius 3 is 2.42 bits per heavy atom. The predicted octanol–water partition coefficient (Wildman–Crippen LogP) is 2.57. The first-order valence-electron chi connectivity index (χ1n) is 7.42. The SMILES string of the molecule is CS(=O)(=O)c1cccc(C(=O)NC[C@H](O)c2ccccc2C(F)(F)F)c1. The van der Waals surface area contributed by atoms with Gasteiger partial charge < -0.3 is 10.4 Å². The van der Waals surface area contributed by atoms with Crippen LogP contribution in [0.4, 0.5) is 13.2 Å². The number of carbonyl (C=O) groups is 1. The number of rotatable bonds is 5. The maximum atomic E-state index is 13.0. The van der Waals surface area contributed by atoms with Crippen molar-refractivity contribution in [2.45, 2.75) is 17.2 Å². The molecular formula is C17H16F3NO4S. The Morgan fingerprint density at radius 2 is 1.81 bits per heavy atom. The summed E-state index contributed by atoms with van der Waals surface area (Å²) in [5.41, 5.74) is -1.32. The highest BCUT2D eigenvalue weighted by molar-refractivity contribution is 7.90.